The average molecular weight is 573 g/mol. The van der Waals surface area contributed by atoms with Crippen LogP contribution in [0.1, 0.15) is 22.3 Å². The largest absolute Gasteiger partial charge is 0.374 e. The molecule has 1 fully saturated rings. The van der Waals surface area contributed by atoms with E-state index in [9.17, 15) is 9.50 Å². The Morgan fingerprint density at radius 3 is 1.43 bits per heavy atom. The Morgan fingerprint density at radius 1 is 0.571 bits per heavy atom. The van der Waals surface area contributed by atoms with Gasteiger partial charge in [-0.25, -0.2) is 4.39 Å². The maximum atomic E-state index is 14.7. The second-order valence-electron chi connectivity index (χ2n) is 10.4. The molecule has 1 N–H and O–H groups in total. The van der Waals surface area contributed by atoms with E-state index in [0.29, 0.717) is 6.61 Å². The van der Waals surface area contributed by atoms with E-state index in [1.165, 1.54) is 0 Å². The SMILES string of the molecule is O[C@@]1(CF)O[C@H](COCc2ccccc2)[C@H](OCc2ccccc2)[C@H](OCc2ccccc2)[C@H]1OCc1ccccc1. The molecule has 7 heteroatoms. The summed E-state index contributed by atoms with van der Waals surface area (Å²) >= 11 is 0. The highest BCUT2D eigenvalue weighted by atomic mass is 19.1. The summed E-state index contributed by atoms with van der Waals surface area (Å²) in [5.41, 5.74) is 3.73. The molecule has 0 bridgehead atoms. The van der Waals surface area contributed by atoms with Crippen LogP contribution in [0.25, 0.3) is 0 Å². The van der Waals surface area contributed by atoms with Crippen LogP contribution in [0.5, 0.6) is 0 Å². The fraction of sp³-hybridized carbons (Fsp3) is 0.314. The topological polar surface area (TPSA) is 66.4 Å². The molecular formula is C35H37FO6. The van der Waals surface area contributed by atoms with Crippen LogP contribution in [0.3, 0.4) is 0 Å². The lowest BCUT2D eigenvalue weighted by Crippen LogP contribution is -2.68. The van der Waals surface area contributed by atoms with E-state index in [1.807, 2.05) is 121 Å². The van der Waals surface area contributed by atoms with Crippen LogP contribution >= 0.6 is 0 Å². The Balaban J connectivity index is 1.42. The van der Waals surface area contributed by atoms with Crippen molar-refractivity contribution in [3.63, 3.8) is 0 Å². The Hall–Kier alpha value is -3.43. The molecule has 0 spiro atoms. The summed E-state index contributed by atoms with van der Waals surface area (Å²) in [5, 5.41) is 11.6. The molecule has 6 nitrogen and oxygen atoms in total. The minimum absolute atomic E-state index is 0.0489. The van der Waals surface area contributed by atoms with Crippen molar-refractivity contribution in [1.82, 2.24) is 0 Å². The monoisotopic (exact) mass is 572 g/mol. The van der Waals surface area contributed by atoms with Gasteiger partial charge in [-0.1, -0.05) is 121 Å². The fourth-order valence-electron chi connectivity index (χ4n) is 5.04. The number of halogens is 1. The van der Waals surface area contributed by atoms with Crippen molar-refractivity contribution in [2.45, 2.75) is 56.6 Å². The Bertz CT molecular complexity index is 1310. The lowest BCUT2D eigenvalue weighted by Gasteiger charge is -2.49. The van der Waals surface area contributed by atoms with Gasteiger partial charge >= 0.3 is 0 Å². The highest BCUT2D eigenvalue weighted by Gasteiger charge is 2.56. The molecule has 5 atom stereocenters. The number of hydrogen-bond donors (Lipinski definition) is 1. The second kappa shape index (κ2) is 15.2. The third-order valence-corrected chi connectivity index (χ3v) is 7.22. The number of hydrogen-bond acceptors (Lipinski definition) is 6. The van der Waals surface area contributed by atoms with Crippen molar-refractivity contribution >= 4 is 0 Å². The van der Waals surface area contributed by atoms with Crippen molar-refractivity contribution in [3.8, 4) is 0 Å². The standard InChI is InChI=1S/C35H37FO6/c36-26-35(37)34(41-24-30-19-11-4-12-20-30)33(40-23-29-17-9-3-10-18-29)32(39-22-28-15-7-2-8-16-28)31(42-35)25-38-21-27-13-5-1-6-14-27/h1-20,31-34,37H,21-26H2/t31-,32+,33+,34-,35+/m1/s1. The summed E-state index contributed by atoms with van der Waals surface area (Å²) in [7, 11) is 0. The molecule has 0 aliphatic carbocycles. The van der Waals surface area contributed by atoms with Crippen LogP contribution in [-0.4, -0.2) is 48.6 Å². The van der Waals surface area contributed by atoms with Crippen LogP contribution < -0.4 is 0 Å². The Kier molecular flexibility index (Phi) is 10.8. The van der Waals surface area contributed by atoms with Crippen molar-refractivity contribution < 1.29 is 33.2 Å². The van der Waals surface area contributed by atoms with E-state index in [-0.39, 0.29) is 26.4 Å². The van der Waals surface area contributed by atoms with Crippen LogP contribution in [0, 0.1) is 0 Å². The minimum atomic E-state index is -2.27. The molecule has 0 amide bonds. The van der Waals surface area contributed by atoms with E-state index >= 15 is 0 Å². The second-order valence-corrected chi connectivity index (χ2v) is 10.4. The van der Waals surface area contributed by atoms with Gasteiger partial charge in [0.1, 0.15) is 31.1 Å². The zero-order chi connectivity index (χ0) is 29.0. The first-order chi connectivity index (χ1) is 20.6. The first-order valence-electron chi connectivity index (χ1n) is 14.2. The zero-order valence-electron chi connectivity index (χ0n) is 23.5. The van der Waals surface area contributed by atoms with Crippen molar-refractivity contribution in [2.75, 3.05) is 13.3 Å². The molecular weight excluding hydrogens is 535 g/mol. The maximum Gasteiger partial charge on any atom is 0.224 e. The number of alkyl halides is 1. The number of ether oxygens (including phenoxy) is 5. The van der Waals surface area contributed by atoms with Gasteiger partial charge in [-0.2, -0.15) is 0 Å². The lowest BCUT2D eigenvalue weighted by atomic mass is 9.92. The molecule has 0 unspecified atom stereocenters. The van der Waals surface area contributed by atoms with Crippen LogP contribution in [0.15, 0.2) is 121 Å². The van der Waals surface area contributed by atoms with E-state index in [1.54, 1.807) is 0 Å². The number of aliphatic hydroxyl groups is 1. The van der Waals surface area contributed by atoms with Gasteiger partial charge in [-0.15, -0.1) is 0 Å². The zero-order valence-corrected chi connectivity index (χ0v) is 23.5. The van der Waals surface area contributed by atoms with Gasteiger partial charge in [0, 0.05) is 0 Å². The first-order valence-corrected chi connectivity index (χ1v) is 14.2. The highest BCUT2D eigenvalue weighted by molar-refractivity contribution is 5.16. The number of rotatable bonds is 14. The van der Waals surface area contributed by atoms with Gasteiger partial charge in [0.25, 0.3) is 0 Å². The van der Waals surface area contributed by atoms with Gasteiger partial charge in [-0.3, -0.25) is 0 Å². The molecule has 1 aliphatic heterocycles. The first kappa shape index (κ1) is 30.0. The molecule has 1 saturated heterocycles. The molecule has 0 radical (unpaired) electrons. The van der Waals surface area contributed by atoms with Crippen LogP contribution in [-0.2, 0) is 50.1 Å². The predicted molar refractivity (Wildman–Crippen MR) is 157 cm³/mol. The van der Waals surface area contributed by atoms with Crippen molar-refractivity contribution in [3.05, 3.63) is 144 Å². The number of benzene rings is 4. The third kappa shape index (κ3) is 8.10. The van der Waals surface area contributed by atoms with Gasteiger partial charge in [0.2, 0.25) is 5.79 Å². The van der Waals surface area contributed by atoms with Crippen LogP contribution in [0.2, 0.25) is 0 Å². The lowest BCUT2D eigenvalue weighted by molar-refractivity contribution is -0.373. The summed E-state index contributed by atoms with van der Waals surface area (Å²) < 4.78 is 45.9. The van der Waals surface area contributed by atoms with Crippen molar-refractivity contribution in [1.29, 1.82) is 0 Å². The summed E-state index contributed by atoms with van der Waals surface area (Å²) in [4.78, 5) is 0. The predicted octanol–water partition coefficient (Wildman–Crippen LogP) is 6.02. The maximum absolute atomic E-state index is 14.7. The molecule has 0 saturated carbocycles. The summed E-state index contributed by atoms with van der Waals surface area (Å²) in [6.07, 6.45) is -3.64. The smallest absolute Gasteiger partial charge is 0.224 e. The highest BCUT2D eigenvalue weighted by Crippen LogP contribution is 2.36. The molecule has 220 valence electrons. The molecule has 1 heterocycles. The summed E-state index contributed by atoms with van der Waals surface area (Å²) in [5.74, 6) is -2.27. The fourth-order valence-corrected chi connectivity index (χ4v) is 5.04. The quantitative estimate of drug-likeness (QED) is 0.200. The molecule has 1 aliphatic rings. The average Bonchev–Trinajstić information content (AvgIpc) is 3.05. The van der Waals surface area contributed by atoms with E-state index in [4.69, 9.17) is 23.7 Å². The van der Waals surface area contributed by atoms with Gasteiger partial charge in [0.05, 0.1) is 33.0 Å². The van der Waals surface area contributed by atoms with Crippen molar-refractivity contribution in [2.24, 2.45) is 0 Å². The molecule has 4 aromatic carbocycles. The molecule has 5 rings (SSSR count). The van der Waals surface area contributed by atoms with E-state index in [2.05, 4.69) is 0 Å². The Morgan fingerprint density at radius 2 is 0.976 bits per heavy atom. The van der Waals surface area contributed by atoms with Gasteiger partial charge in [0.15, 0.2) is 0 Å². The summed E-state index contributed by atoms with van der Waals surface area (Å²) in [6, 6.07) is 38.6. The van der Waals surface area contributed by atoms with Crippen LogP contribution in [0.4, 0.5) is 4.39 Å². The van der Waals surface area contributed by atoms with Gasteiger partial charge in [-0.05, 0) is 22.3 Å². The molecule has 42 heavy (non-hydrogen) atoms. The molecule has 4 aromatic rings. The molecule has 0 aromatic heterocycles. The van der Waals surface area contributed by atoms with E-state index in [0.717, 1.165) is 22.3 Å². The normalized spacial score (nSPS) is 24.0. The van der Waals surface area contributed by atoms with E-state index < -0.39 is 36.9 Å². The third-order valence-electron chi connectivity index (χ3n) is 7.22. The minimum Gasteiger partial charge on any atom is -0.374 e. The summed E-state index contributed by atoms with van der Waals surface area (Å²) in [6.45, 7) is -0.228. The Labute approximate surface area is 246 Å². The van der Waals surface area contributed by atoms with Gasteiger partial charge < -0.3 is 28.8 Å².